The Hall–Kier alpha value is -7.64. The highest BCUT2D eigenvalue weighted by atomic mass is 15.3. The third kappa shape index (κ3) is 4.91. The van der Waals surface area contributed by atoms with E-state index in [1.807, 2.05) is 65.2 Å². The van der Waals surface area contributed by atoms with E-state index in [-0.39, 0.29) is 55.0 Å². The van der Waals surface area contributed by atoms with Crippen molar-refractivity contribution in [3.8, 4) is 51.5 Å². The summed E-state index contributed by atoms with van der Waals surface area (Å²) in [5, 5.41) is -1.11. The van der Waals surface area contributed by atoms with Gasteiger partial charge in [-0.05, 0) is 36.3 Å². The first kappa shape index (κ1) is 18.9. The molecule has 11 rings (SSSR count). The van der Waals surface area contributed by atoms with E-state index in [0.29, 0.717) is 17.1 Å². The third-order valence-electron chi connectivity index (χ3n) is 9.34. The lowest BCUT2D eigenvalue weighted by molar-refractivity contribution is 0.891. The molecule has 0 bridgehead atoms. The molecule has 0 radical (unpaired) electrons. The summed E-state index contributed by atoms with van der Waals surface area (Å²) in [6.07, 6.45) is 1.62. The van der Waals surface area contributed by atoms with Gasteiger partial charge in [0.15, 0.2) is 5.82 Å². The maximum Gasteiger partial charge on any atom is 0.240 e. The molecule has 0 N–H and O–H groups in total. The summed E-state index contributed by atoms with van der Waals surface area (Å²) in [4.78, 5) is 19.6. The third-order valence-corrected chi connectivity index (χ3v) is 9.34. The van der Waals surface area contributed by atoms with Crippen molar-refractivity contribution in [3.05, 3.63) is 188 Å². The Bertz CT molecular complexity index is 3800. The molecule has 0 aliphatic carbocycles. The number of fused-ring (bicyclic) bond motifs is 6. The van der Waals surface area contributed by atoms with Crippen molar-refractivity contribution in [2.24, 2.45) is 0 Å². The number of para-hydroxylation sites is 5. The molecule has 7 nitrogen and oxygen atoms in total. The van der Waals surface area contributed by atoms with Crippen molar-refractivity contribution in [1.82, 2.24) is 33.6 Å². The SMILES string of the molecule is [2H]c1c([2H])c([2H])c2c(c1[2H])c1c([2H])c([2H])c([2H])c([2H])c1n2-c1nc(-c2ccccc2-n2cnc(-c3ccccc3)c2-c2ccccc2)nc(-n2c3c([2H])c([2H])c([2H])c([2H])c3c3c([2H])c([2H])c([2H])c([2H])c32)n1. The zero-order valence-electron chi connectivity index (χ0n) is 44.3. The van der Waals surface area contributed by atoms with Crippen LogP contribution in [0.15, 0.2) is 188 Å². The Balaban J connectivity index is 1.35. The number of rotatable bonds is 6. The minimum absolute atomic E-state index is 0.192. The van der Waals surface area contributed by atoms with E-state index in [1.165, 1.54) is 0 Å². The van der Waals surface area contributed by atoms with Crippen molar-refractivity contribution >= 4 is 43.6 Å². The second-order valence-electron chi connectivity index (χ2n) is 12.4. The molecule has 7 heteroatoms. The molecular weight excluding hydrogens is 675 g/mol. The van der Waals surface area contributed by atoms with E-state index < -0.39 is 109 Å². The number of nitrogens with zero attached hydrogens (tertiary/aromatic N) is 7. The molecule has 0 aliphatic heterocycles. The van der Waals surface area contributed by atoms with E-state index in [4.69, 9.17) is 36.4 Å². The average molecular weight is 722 g/mol. The first-order valence-corrected chi connectivity index (χ1v) is 17.0. The average Bonchev–Trinajstić information content (AvgIpc) is 4.11. The lowest BCUT2D eigenvalue weighted by Gasteiger charge is -2.16. The van der Waals surface area contributed by atoms with Gasteiger partial charge < -0.3 is 0 Å². The molecule has 0 amide bonds. The predicted molar refractivity (Wildman–Crippen MR) is 222 cm³/mol. The van der Waals surface area contributed by atoms with E-state index >= 15 is 0 Å². The predicted octanol–water partition coefficient (Wildman–Crippen LogP) is 11.3. The molecule has 0 saturated heterocycles. The Morgan fingerprint density at radius 1 is 0.436 bits per heavy atom. The van der Waals surface area contributed by atoms with Crippen LogP contribution in [0.5, 0.6) is 0 Å². The van der Waals surface area contributed by atoms with Crippen LogP contribution in [0.4, 0.5) is 0 Å². The molecule has 0 unspecified atom stereocenters. The summed E-state index contributed by atoms with van der Waals surface area (Å²) in [6.45, 7) is 0. The second-order valence-corrected chi connectivity index (χ2v) is 12.4. The van der Waals surface area contributed by atoms with E-state index in [1.54, 1.807) is 30.6 Å². The second kappa shape index (κ2) is 12.5. The number of benzene rings is 7. The Morgan fingerprint density at radius 3 is 1.38 bits per heavy atom. The molecule has 0 spiro atoms. The van der Waals surface area contributed by atoms with Crippen LogP contribution < -0.4 is 0 Å². The molecule has 11 aromatic rings. The quantitative estimate of drug-likeness (QED) is 0.171. The van der Waals surface area contributed by atoms with Gasteiger partial charge in [-0.25, -0.2) is 4.98 Å². The van der Waals surface area contributed by atoms with Gasteiger partial charge in [-0.15, -0.1) is 0 Å². The Kier molecular flexibility index (Phi) is 4.30. The van der Waals surface area contributed by atoms with Crippen LogP contribution >= 0.6 is 0 Å². The summed E-state index contributed by atoms with van der Waals surface area (Å²) < 4.78 is 147. The molecule has 0 saturated carbocycles. The molecule has 258 valence electrons. The van der Waals surface area contributed by atoms with Crippen molar-refractivity contribution < 1.29 is 21.9 Å². The van der Waals surface area contributed by atoms with Gasteiger partial charge in [0.05, 0.1) is 61.1 Å². The molecule has 4 aromatic heterocycles. The van der Waals surface area contributed by atoms with E-state index in [2.05, 4.69) is 0 Å². The molecular formula is C48H31N7. The number of imidazole rings is 1. The van der Waals surface area contributed by atoms with Crippen LogP contribution in [-0.2, 0) is 0 Å². The minimum Gasteiger partial charge on any atom is -0.297 e. The molecule has 55 heavy (non-hydrogen) atoms. The molecule has 0 atom stereocenters. The van der Waals surface area contributed by atoms with Crippen molar-refractivity contribution in [2.45, 2.75) is 0 Å². The highest BCUT2D eigenvalue weighted by molar-refractivity contribution is 6.10. The zero-order chi connectivity index (χ0) is 50.2. The monoisotopic (exact) mass is 721 g/mol. The van der Waals surface area contributed by atoms with Crippen molar-refractivity contribution in [3.63, 3.8) is 0 Å². The van der Waals surface area contributed by atoms with Crippen LogP contribution in [0.3, 0.4) is 0 Å². The van der Waals surface area contributed by atoms with Gasteiger partial charge in [0.1, 0.15) is 6.33 Å². The largest absolute Gasteiger partial charge is 0.297 e. The summed E-state index contributed by atoms with van der Waals surface area (Å²) >= 11 is 0. The summed E-state index contributed by atoms with van der Waals surface area (Å²) in [7, 11) is 0. The van der Waals surface area contributed by atoms with Crippen molar-refractivity contribution in [2.75, 3.05) is 0 Å². The Morgan fingerprint density at radius 2 is 0.873 bits per heavy atom. The van der Waals surface area contributed by atoms with E-state index in [0.717, 1.165) is 20.3 Å². The Labute approximate surface area is 338 Å². The number of aromatic nitrogens is 7. The first-order chi connectivity index (χ1) is 34.0. The van der Waals surface area contributed by atoms with Crippen LogP contribution in [0.2, 0.25) is 0 Å². The fraction of sp³-hybridized carbons (Fsp3) is 0. The summed E-state index contributed by atoms with van der Waals surface area (Å²) in [5.74, 6) is -1.18. The van der Waals surface area contributed by atoms with Gasteiger partial charge in [-0.3, -0.25) is 13.7 Å². The maximum absolute atomic E-state index is 9.26. The van der Waals surface area contributed by atoms with Gasteiger partial charge in [-0.1, -0.05) is 145 Å². The summed E-state index contributed by atoms with van der Waals surface area (Å²) in [6, 6.07) is 15.2. The van der Waals surface area contributed by atoms with Gasteiger partial charge in [0.25, 0.3) is 0 Å². The highest BCUT2D eigenvalue weighted by Crippen LogP contribution is 2.38. The van der Waals surface area contributed by atoms with E-state index in [9.17, 15) is 5.48 Å². The lowest BCUT2D eigenvalue weighted by atomic mass is 10.0. The van der Waals surface area contributed by atoms with Crippen LogP contribution in [0.1, 0.15) is 21.9 Å². The van der Waals surface area contributed by atoms with Crippen LogP contribution in [-0.4, -0.2) is 33.6 Å². The van der Waals surface area contributed by atoms with Crippen LogP contribution in [0.25, 0.3) is 95.1 Å². The normalized spacial score (nSPS) is 15.7. The van der Waals surface area contributed by atoms with Gasteiger partial charge in [0, 0.05) is 38.2 Å². The summed E-state index contributed by atoms with van der Waals surface area (Å²) in [5.41, 5.74) is 2.19. The van der Waals surface area contributed by atoms with Crippen LogP contribution in [0, 0.1) is 0 Å². The topological polar surface area (TPSA) is 66.3 Å². The molecule has 0 aliphatic rings. The first-order valence-electron chi connectivity index (χ1n) is 25.0. The fourth-order valence-corrected chi connectivity index (χ4v) is 7.00. The standard InChI is InChI=1S/C48H31N7/c1-3-17-32(18-4-1)44-45(33-19-5-2-6-20-33)53(31-49-44)39-26-12-11-25-38(39)46-50-47(54-40-27-13-7-21-34(40)35-22-8-14-28-41(35)54)52-48(51-46)55-42-29-15-9-23-36(42)37-24-10-16-30-43(37)55/h1-31H/i7D,8D,9D,10D,13D,14D,15D,16D,21D,22D,23D,24D,27D,28D,29D,30D. The molecule has 7 aromatic carbocycles. The fourth-order valence-electron chi connectivity index (χ4n) is 7.00. The highest BCUT2D eigenvalue weighted by Gasteiger charge is 2.23. The van der Waals surface area contributed by atoms with Gasteiger partial charge in [0.2, 0.25) is 11.9 Å². The maximum atomic E-state index is 9.26. The number of hydrogen-bond donors (Lipinski definition) is 0. The minimum atomic E-state index is -0.709. The lowest BCUT2D eigenvalue weighted by Crippen LogP contribution is -2.11. The zero-order valence-corrected chi connectivity index (χ0v) is 28.3. The van der Waals surface area contributed by atoms with Crippen molar-refractivity contribution in [1.29, 1.82) is 0 Å². The van der Waals surface area contributed by atoms with Gasteiger partial charge >= 0.3 is 0 Å². The molecule has 4 heterocycles. The number of hydrogen-bond acceptors (Lipinski definition) is 4. The molecule has 0 fully saturated rings. The van der Waals surface area contributed by atoms with Gasteiger partial charge in [-0.2, -0.15) is 15.0 Å². The smallest absolute Gasteiger partial charge is 0.240 e.